The van der Waals surface area contributed by atoms with Gasteiger partial charge in [-0.2, -0.15) is 0 Å². The smallest absolute Gasteiger partial charge is 0.339 e. The van der Waals surface area contributed by atoms with Gasteiger partial charge in [0.2, 0.25) is 0 Å². The molecule has 104 valence electrons. The molecule has 2 rings (SSSR count). The largest absolute Gasteiger partial charge is 0.457 e. The van der Waals surface area contributed by atoms with Gasteiger partial charge in [-0.25, -0.2) is 4.79 Å². The van der Waals surface area contributed by atoms with Gasteiger partial charge in [-0.3, -0.25) is 0 Å². The number of esters is 1. The highest BCUT2D eigenvalue weighted by atomic mass is 35.5. The van der Waals surface area contributed by atoms with E-state index >= 15 is 0 Å². The molecule has 0 saturated carbocycles. The summed E-state index contributed by atoms with van der Waals surface area (Å²) in [5, 5.41) is 0.301. The Morgan fingerprint density at radius 1 is 1.15 bits per heavy atom. The van der Waals surface area contributed by atoms with Gasteiger partial charge in [-0.1, -0.05) is 29.8 Å². The van der Waals surface area contributed by atoms with Crippen LogP contribution in [-0.4, -0.2) is 5.97 Å². The summed E-state index contributed by atoms with van der Waals surface area (Å²) in [6.07, 6.45) is 0. The number of hydrogen-bond donors (Lipinski definition) is 1. The van der Waals surface area contributed by atoms with Gasteiger partial charge >= 0.3 is 5.97 Å². The lowest BCUT2D eigenvalue weighted by Gasteiger charge is -2.08. The van der Waals surface area contributed by atoms with E-state index in [1.165, 1.54) is 17.2 Å². The molecule has 0 unspecified atom stereocenters. The van der Waals surface area contributed by atoms with Gasteiger partial charge in [0.15, 0.2) is 0 Å². The molecule has 0 aliphatic rings. The van der Waals surface area contributed by atoms with Gasteiger partial charge in [0.05, 0.1) is 10.6 Å². The van der Waals surface area contributed by atoms with E-state index in [1.54, 1.807) is 12.1 Å². The van der Waals surface area contributed by atoms with E-state index in [0.29, 0.717) is 16.3 Å². The normalized spacial score (nSPS) is 10.3. The number of benzene rings is 2. The topological polar surface area (TPSA) is 52.3 Å². The Kier molecular flexibility index (Phi) is 4.30. The molecule has 0 heterocycles. The molecule has 4 heteroatoms. The summed E-state index contributed by atoms with van der Waals surface area (Å²) in [6.45, 7) is 4.29. The van der Waals surface area contributed by atoms with E-state index in [9.17, 15) is 4.79 Å². The van der Waals surface area contributed by atoms with Gasteiger partial charge in [-0.15, -0.1) is 0 Å². The lowest BCUT2D eigenvalue weighted by atomic mass is 10.1. The predicted molar refractivity (Wildman–Crippen MR) is 80.9 cm³/mol. The fourth-order valence-corrected chi connectivity index (χ4v) is 2.08. The van der Waals surface area contributed by atoms with Crippen molar-refractivity contribution < 1.29 is 9.53 Å². The van der Waals surface area contributed by atoms with Crippen LogP contribution in [0.25, 0.3) is 0 Å². The molecule has 0 aromatic heterocycles. The van der Waals surface area contributed by atoms with Crippen LogP contribution in [0.2, 0.25) is 5.02 Å². The van der Waals surface area contributed by atoms with Crippen LogP contribution in [0, 0.1) is 13.8 Å². The van der Waals surface area contributed by atoms with Crippen LogP contribution >= 0.6 is 11.6 Å². The van der Waals surface area contributed by atoms with E-state index in [1.807, 2.05) is 32.0 Å². The van der Waals surface area contributed by atoms with Crippen molar-refractivity contribution in [2.45, 2.75) is 20.5 Å². The summed E-state index contributed by atoms with van der Waals surface area (Å²) in [5.41, 5.74) is 9.76. The van der Waals surface area contributed by atoms with Gasteiger partial charge in [-0.05, 0) is 48.7 Å². The number of halogens is 1. The molecule has 2 N–H and O–H groups in total. The molecule has 0 saturated heterocycles. The quantitative estimate of drug-likeness (QED) is 0.689. The zero-order valence-electron chi connectivity index (χ0n) is 11.4. The molecule has 0 fully saturated rings. The van der Waals surface area contributed by atoms with Crippen molar-refractivity contribution in [1.29, 1.82) is 0 Å². The molecule has 0 spiro atoms. The SMILES string of the molecule is Cc1ccc(COC(=O)c2ccc(N)cc2Cl)cc1C. The van der Waals surface area contributed by atoms with Crippen molar-refractivity contribution in [3.8, 4) is 0 Å². The van der Waals surface area contributed by atoms with Gasteiger partial charge in [0.1, 0.15) is 6.61 Å². The number of ether oxygens (including phenoxy) is 1. The van der Waals surface area contributed by atoms with Crippen LogP contribution in [0.15, 0.2) is 36.4 Å². The second kappa shape index (κ2) is 5.97. The lowest BCUT2D eigenvalue weighted by molar-refractivity contribution is 0.0473. The van der Waals surface area contributed by atoms with Crippen molar-refractivity contribution in [2.75, 3.05) is 5.73 Å². The first-order valence-electron chi connectivity index (χ1n) is 6.25. The van der Waals surface area contributed by atoms with E-state index in [-0.39, 0.29) is 6.61 Å². The number of carbonyl (C=O) groups is 1. The third-order valence-corrected chi connectivity index (χ3v) is 3.47. The molecule has 0 aliphatic carbocycles. The first-order valence-corrected chi connectivity index (χ1v) is 6.63. The molecule has 0 aliphatic heterocycles. The van der Waals surface area contributed by atoms with Gasteiger partial charge in [0, 0.05) is 5.69 Å². The molecule has 0 bridgehead atoms. The van der Waals surface area contributed by atoms with Crippen LogP contribution in [0.1, 0.15) is 27.0 Å². The molecule has 3 nitrogen and oxygen atoms in total. The Balaban J connectivity index is 2.06. The molecular formula is C16H16ClNO2. The predicted octanol–water partition coefficient (Wildman–Crippen LogP) is 3.90. The number of nitrogen functional groups attached to an aromatic ring is 1. The van der Waals surface area contributed by atoms with Crippen molar-refractivity contribution in [3.63, 3.8) is 0 Å². The number of aryl methyl sites for hydroxylation is 2. The Morgan fingerprint density at radius 3 is 2.55 bits per heavy atom. The summed E-state index contributed by atoms with van der Waals surface area (Å²) < 4.78 is 5.27. The second-order valence-electron chi connectivity index (χ2n) is 4.73. The summed E-state index contributed by atoms with van der Waals surface area (Å²) >= 11 is 5.97. The van der Waals surface area contributed by atoms with Crippen LogP contribution < -0.4 is 5.73 Å². The van der Waals surface area contributed by atoms with Crippen molar-refractivity contribution in [1.82, 2.24) is 0 Å². The third-order valence-electron chi connectivity index (χ3n) is 3.15. The maximum Gasteiger partial charge on any atom is 0.339 e. The van der Waals surface area contributed by atoms with Crippen molar-refractivity contribution in [3.05, 3.63) is 63.7 Å². The minimum Gasteiger partial charge on any atom is -0.457 e. The monoisotopic (exact) mass is 289 g/mol. The fraction of sp³-hybridized carbons (Fsp3) is 0.188. The highest BCUT2D eigenvalue weighted by molar-refractivity contribution is 6.33. The molecular weight excluding hydrogens is 274 g/mol. The summed E-state index contributed by atoms with van der Waals surface area (Å²) in [7, 11) is 0. The first kappa shape index (κ1) is 14.4. The van der Waals surface area contributed by atoms with Crippen molar-refractivity contribution in [2.24, 2.45) is 0 Å². The average molecular weight is 290 g/mol. The maximum absolute atomic E-state index is 12.0. The zero-order chi connectivity index (χ0) is 14.7. The Hall–Kier alpha value is -2.00. The number of anilines is 1. The zero-order valence-corrected chi connectivity index (χ0v) is 12.2. The van der Waals surface area contributed by atoms with Crippen LogP contribution in [0.3, 0.4) is 0 Å². The fourth-order valence-electron chi connectivity index (χ4n) is 1.82. The molecule has 0 amide bonds. The molecule has 2 aromatic carbocycles. The minimum absolute atomic E-state index is 0.223. The number of hydrogen-bond acceptors (Lipinski definition) is 3. The summed E-state index contributed by atoms with van der Waals surface area (Å²) in [6, 6.07) is 10.7. The number of rotatable bonds is 3. The van der Waals surface area contributed by atoms with Crippen LogP contribution in [-0.2, 0) is 11.3 Å². The average Bonchev–Trinajstić information content (AvgIpc) is 2.40. The Labute approximate surface area is 123 Å². The lowest BCUT2D eigenvalue weighted by Crippen LogP contribution is -2.06. The number of nitrogens with two attached hydrogens (primary N) is 1. The van der Waals surface area contributed by atoms with E-state index < -0.39 is 5.97 Å². The van der Waals surface area contributed by atoms with E-state index in [0.717, 1.165) is 5.56 Å². The highest BCUT2D eigenvalue weighted by Gasteiger charge is 2.12. The molecule has 0 atom stereocenters. The molecule has 0 radical (unpaired) electrons. The molecule has 2 aromatic rings. The Bertz CT molecular complexity index is 653. The third kappa shape index (κ3) is 3.31. The van der Waals surface area contributed by atoms with Gasteiger partial charge < -0.3 is 10.5 Å². The van der Waals surface area contributed by atoms with E-state index in [4.69, 9.17) is 22.1 Å². The molecule has 20 heavy (non-hydrogen) atoms. The highest BCUT2D eigenvalue weighted by Crippen LogP contribution is 2.20. The maximum atomic E-state index is 12.0. The standard InChI is InChI=1S/C16H16ClNO2/c1-10-3-4-12(7-11(10)2)9-20-16(19)14-6-5-13(18)8-15(14)17/h3-8H,9,18H2,1-2H3. The minimum atomic E-state index is -0.451. The van der Waals surface area contributed by atoms with Gasteiger partial charge in [0.25, 0.3) is 0 Å². The number of carbonyl (C=O) groups excluding carboxylic acids is 1. The summed E-state index contributed by atoms with van der Waals surface area (Å²) in [5.74, 6) is -0.451. The van der Waals surface area contributed by atoms with Crippen LogP contribution in [0.5, 0.6) is 0 Å². The summed E-state index contributed by atoms with van der Waals surface area (Å²) in [4.78, 5) is 12.0. The van der Waals surface area contributed by atoms with E-state index in [2.05, 4.69) is 0 Å². The van der Waals surface area contributed by atoms with Crippen molar-refractivity contribution >= 4 is 23.3 Å². The van der Waals surface area contributed by atoms with Crippen LogP contribution in [0.4, 0.5) is 5.69 Å². The second-order valence-corrected chi connectivity index (χ2v) is 5.14. The Morgan fingerprint density at radius 2 is 1.90 bits per heavy atom. The first-order chi connectivity index (χ1) is 9.47.